The van der Waals surface area contributed by atoms with Crippen molar-refractivity contribution in [2.75, 3.05) is 23.7 Å². The fourth-order valence-corrected chi connectivity index (χ4v) is 2.77. The molecule has 0 bridgehead atoms. The Morgan fingerprint density at radius 3 is 2.53 bits per heavy atom. The molecule has 6 N–H and O–H groups in total. The van der Waals surface area contributed by atoms with Gasteiger partial charge in [-0.15, -0.1) is 0 Å². The minimum atomic E-state index is -3.81. The van der Waals surface area contributed by atoms with Crippen LogP contribution >= 0.6 is 0 Å². The summed E-state index contributed by atoms with van der Waals surface area (Å²) < 4.78 is 22.7. The first-order chi connectivity index (χ1) is 8.77. The van der Waals surface area contributed by atoms with Crippen molar-refractivity contribution >= 4 is 27.3 Å². The molecular formula is C11H16N4O3S. The smallest absolute Gasteiger partial charge is 0.238 e. The van der Waals surface area contributed by atoms with E-state index in [-0.39, 0.29) is 16.7 Å². The number of carbonyl (C=O) groups excluding carboxylic acids is 1. The second kappa shape index (κ2) is 4.71. The molecule has 1 aliphatic rings. The van der Waals surface area contributed by atoms with Crippen LogP contribution in [-0.4, -0.2) is 27.4 Å². The molecular weight excluding hydrogens is 268 g/mol. The Kier molecular flexibility index (Phi) is 3.38. The molecule has 1 fully saturated rings. The highest BCUT2D eigenvalue weighted by Gasteiger charge is 2.27. The number of benzene rings is 1. The Bertz CT molecular complexity index is 614. The van der Waals surface area contributed by atoms with Crippen LogP contribution in [0, 0.1) is 5.92 Å². The lowest BCUT2D eigenvalue weighted by Gasteiger charge is -2.19. The van der Waals surface area contributed by atoms with Crippen LogP contribution in [0.5, 0.6) is 0 Å². The van der Waals surface area contributed by atoms with Gasteiger partial charge >= 0.3 is 0 Å². The molecule has 0 radical (unpaired) electrons. The highest BCUT2D eigenvalue weighted by molar-refractivity contribution is 7.89. The Morgan fingerprint density at radius 2 is 2.00 bits per heavy atom. The number of hydrogen-bond acceptors (Lipinski definition) is 5. The first-order valence-electron chi connectivity index (χ1n) is 5.75. The van der Waals surface area contributed by atoms with E-state index in [1.54, 1.807) is 6.07 Å². The molecule has 0 aliphatic carbocycles. The second-order valence-corrected chi connectivity index (χ2v) is 6.20. The fourth-order valence-electron chi connectivity index (χ4n) is 2.18. The van der Waals surface area contributed by atoms with Gasteiger partial charge in [-0.25, -0.2) is 13.6 Å². The zero-order valence-electron chi connectivity index (χ0n) is 10.2. The van der Waals surface area contributed by atoms with Crippen molar-refractivity contribution in [3.63, 3.8) is 0 Å². The van der Waals surface area contributed by atoms with Crippen LogP contribution in [-0.2, 0) is 14.8 Å². The van der Waals surface area contributed by atoms with Gasteiger partial charge in [-0.3, -0.25) is 4.79 Å². The average molecular weight is 284 g/mol. The van der Waals surface area contributed by atoms with Crippen molar-refractivity contribution in [3.8, 4) is 0 Å². The molecule has 1 amide bonds. The van der Waals surface area contributed by atoms with Crippen LogP contribution in [0.3, 0.4) is 0 Å². The maximum Gasteiger partial charge on any atom is 0.238 e. The van der Waals surface area contributed by atoms with E-state index in [4.69, 9.17) is 16.6 Å². The number of primary amides is 1. The van der Waals surface area contributed by atoms with Crippen LogP contribution in [0.25, 0.3) is 0 Å². The van der Waals surface area contributed by atoms with Gasteiger partial charge < -0.3 is 16.4 Å². The number of rotatable bonds is 3. The molecule has 19 heavy (non-hydrogen) atoms. The Morgan fingerprint density at radius 1 is 1.32 bits per heavy atom. The quantitative estimate of drug-likeness (QED) is 0.627. The number of nitrogens with zero attached hydrogens (tertiary/aromatic N) is 1. The summed E-state index contributed by atoms with van der Waals surface area (Å²) in [5.41, 5.74) is 11.9. The Labute approximate surface area is 111 Å². The van der Waals surface area contributed by atoms with Gasteiger partial charge in [0.25, 0.3) is 0 Å². The van der Waals surface area contributed by atoms with E-state index >= 15 is 0 Å². The predicted octanol–water partition coefficient (Wildman–Crippen LogP) is -0.772. The standard InChI is InChI=1S/C11H16N4O3S/c12-8-3-9(5-10(4-8)19(14,17)18)15-2-1-7(6-15)11(13)16/h3-5,7H,1-2,6,12H2,(H2,13,16)(H2,14,17,18). The van der Waals surface area contributed by atoms with Gasteiger partial charge in [0.2, 0.25) is 15.9 Å². The van der Waals surface area contributed by atoms with E-state index in [1.807, 2.05) is 4.90 Å². The highest BCUT2D eigenvalue weighted by Crippen LogP contribution is 2.27. The molecule has 1 aromatic carbocycles. The lowest BCUT2D eigenvalue weighted by molar-refractivity contribution is -0.121. The van der Waals surface area contributed by atoms with Gasteiger partial charge in [-0.1, -0.05) is 0 Å². The molecule has 7 nitrogen and oxygen atoms in total. The summed E-state index contributed by atoms with van der Waals surface area (Å²) in [4.78, 5) is 13.0. The molecule has 0 spiro atoms. The van der Waals surface area contributed by atoms with Gasteiger partial charge in [0, 0.05) is 24.5 Å². The number of nitrogens with two attached hydrogens (primary N) is 3. The number of anilines is 2. The molecule has 8 heteroatoms. The van der Waals surface area contributed by atoms with E-state index in [2.05, 4.69) is 0 Å². The summed E-state index contributed by atoms with van der Waals surface area (Å²) in [5, 5.41) is 5.09. The largest absolute Gasteiger partial charge is 0.399 e. The summed E-state index contributed by atoms with van der Waals surface area (Å²) in [7, 11) is -3.81. The van der Waals surface area contributed by atoms with E-state index in [0.717, 1.165) is 0 Å². The van der Waals surface area contributed by atoms with Crippen LogP contribution in [0.15, 0.2) is 23.1 Å². The third kappa shape index (κ3) is 2.96. The maximum absolute atomic E-state index is 11.4. The van der Waals surface area contributed by atoms with Gasteiger partial charge in [-0.2, -0.15) is 0 Å². The fraction of sp³-hybridized carbons (Fsp3) is 0.364. The molecule has 0 saturated carbocycles. The molecule has 1 atom stereocenters. The highest BCUT2D eigenvalue weighted by atomic mass is 32.2. The van der Waals surface area contributed by atoms with Gasteiger partial charge in [0.15, 0.2) is 0 Å². The number of sulfonamides is 1. The Hall–Kier alpha value is -1.80. The minimum Gasteiger partial charge on any atom is -0.399 e. The summed E-state index contributed by atoms with van der Waals surface area (Å²) in [5.74, 6) is -0.572. The number of amides is 1. The lowest BCUT2D eigenvalue weighted by Crippen LogP contribution is -2.27. The summed E-state index contributed by atoms with van der Waals surface area (Å²) in [6.45, 7) is 1.09. The molecule has 1 unspecified atom stereocenters. The normalized spacial score (nSPS) is 19.6. The Balaban J connectivity index is 2.32. The second-order valence-electron chi connectivity index (χ2n) is 4.64. The van der Waals surface area contributed by atoms with E-state index in [9.17, 15) is 13.2 Å². The van der Waals surface area contributed by atoms with E-state index in [1.165, 1.54) is 12.1 Å². The molecule has 2 rings (SSSR count). The van der Waals surface area contributed by atoms with Crippen molar-refractivity contribution in [3.05, 3.63) is 18.2 Å². The molecule has 0 aromatic heterocycles. The predicted molar refractivity (Wildman–Crippen MR) is 71.7 cm³/mol. The van der Waals surface area contributed by atoms with Crippen molar-refractivity contribution in [1.82, 2.24) is 0 Å². The van der Waals surface area contributed by atoms with Crippen LogP contribution in [0.2, 0.25) is 0 Å². The summed E-state index contributed by atoms with van der Waals surface area (Å²) in [6.07, 6.45) is 0.648. The average Bonchev–Trinajstić information content (AvgIpc) is 2.76. The number of carbonyl (C=O) groups is 1. The summed E-state index contributed by atoms with van der Waals surface area (Å²) >= 11 is 0. The van der Waals surface area contributed by atoms with E-state index < -0.39 is 10.0 Å². The van der Waals surface area contributed by atoms with Crippen LogP contribution in [0.1, 0.15) is 6.42 Å². The van der Waals surface area contributed by atoms with Crippen molar-refractivity contribution in [2.45, 2.75) is 11.3 Å². The van der Waals surface area contributed by atoms with Gasteiger partial charge in [0.05, 0.1) is 10.8 Å². The topological polar surface area (TPSA) is 133 Å². The molecule has 1 aromatic rings. The van der Waals surface area contributed by atoms with Crippen molar-refractivity contribution in [1.29, 1.82) is 0 Å². The first-order valence-corrected chi connectivity index (χ1v) is 7.29. The number of nitrogen functional groups attached to an aromatic ring is 1. The van der Waals surface area contributed by atoms with Crippen molar-refractivity contribution < 1.29 is 13.2 Å². The van der Waals surface area contributed by atoms with Gasteiger partial charge in [0.1, 0.15) is 0 Å². The first kappa shape index (κ1) is 13.6. The van der Waals surface area contributed by atoms with Gasteiger partial charge in [-0.05, 0) is 24.6 Å². The van der Waals surface area contributed by atoms with Crippen LogP contribution < -0.4 is 21.5 Å². The molecule has 1 heterocycles. The third-order valence-electron chi connectivity index (χ3n) is 3.20. The zero-order chi connectivity index (χ0) is 14.2. The zero-order valence-corrected chi connectivity index (χ0v) is 11.1. The molecule has 1 saturated heterocycles. The molecule has 1 aliphatic heterocycles. The minimum absolute atomic E-state index is 0.0370. The summed E-state index contributed by atoms with van der Waals surface area (Å²) in [6, 6.07) is 4.41. The number of primary sulfonamides is 1. The number of hydrogen-bond donors (Lipinski definition) is 3. The maximum atomic E-state index is 11.4. The monoisotopic (exact) mass is 284 g/mol. The van der Waals surface area contributed by atoms with Crippen molar-refractivity contribution in [2.24, 2.45) is 16.8 Å². The van der Waals surface area contributed by atoms with Crippen LogP contribution in [0.4, 0.5) is 11.4 Å². The third-order valence-corrected chi connectivity index (χ3v) is 4.09. The SMILES string of the molecule is NC(=O)C1CCN(c2cc(N)cc(S(N)(=O)=O)c2)C1. The lowest BCUT2D eigenvalue weighted by atomic mass is 10.1. The van der Waals surface area contributed by atoms with E-state index in [0.29, 0.717) is 30.9 Å². The molecule has 104 valence electrons.